The van der Waals surface area contributed by atoms with Crippen molar-refractivity contribution in [1.29, 1.82) is 0 Å². The molecule has 2 nitrogen and oxygen atoms in total. The van der Waals surface area contributed by atoms with Crippen molar-refractivity contribution < 1.29 is 9.47 Å². The van der Waals surface area contributed by atoms with Gasteiger partial charge in [0.15, 0.2) is 6.29 Å². The fraction of sp³-hybridized carbons (Fsp3) is 0.778. The van der Waals surface area contributed by atoms with Crippen LogP contribution >= 0.6 is 0 Å². The van der Waals surface area contributed by atoms with Gasteiger partial charge in [0.2, 0.25) is 0 Å². The highest BCUT2D eigenvalue weighted by Crippen LogP contribution is 2.35. The molecule has 2 heteroatoms. The summed E-state index contributed by atoms with van der Waals surface area (Å²) in [6.45, 7) is 9.24. The Hall–Kier alpha value is -0.340. The summed E-state index contributed by atoms with van der Waals surface area (Å²) in [5.41, 5.74) is 1.31. The van der Waals surface area contributed by atoms with Crippen LogP contribution in [0.2, 0.25) is 0 Å². The molecule has 0 aromatic carbocycles. The van der Waals surface area contributed by atoms with E-state index in [-0.39, 0.29) is 6.29 Å². The van der Waals surface area contributed by atoms with Crippen molar-refractivity contribution in [2.45, 2.75) is 26.6 Å². The first-order valence-corrected chi connectivity index (χ1v) is 4.15. The van der Waals surface area contributed by atoms with Crippen LogP contribution in [0.15, 0.2) is 12.2 Å². The molecule has 1 fully saturated rings. The van der Waals surface area contributed by atoms with Crippen molar-refractivity contribution in [2.75, 3.05) is 13.2 Å². The SMILES string of the molecule is C=C1C[C@H]1CO[C@H](C)OCC. The van der Waals surface area contributed by atoms with E-state index >= 15 is 0 Å². The van der Waals surface area contributed by atoms with Crippen LogP contribution in [-0.4, -0.2) is 19.5 Å². The molecule has 0 N–H and O–H groups in total. The molecule has 1 saturated carbocycles. The second kappa shape index (κ2) is 3.88. The van der Waals surface area contributed by atoms with Gasteiger partial charge in [-0.2, -0.15) is 0 Å². The van der Waals surface area contributed by atoms with Crippen LogP contribution in [0, 0.1) is 5.92 Å². The maximum absolute atomic E-state index is 5.39. The molecular formula is C9H16O2. The second-order valence-electron chi connectivity index (χ2n) is 2.92. The first kappa shape index (κ1) is 8.75. The number of hydrogen-bond donors (Lipinski definition) is 0. The summed E-state index contributed by atoms with van der Waals surface area (Å²) in [4.78, 5) is 0. The Morgan fingerprint density at radius 3 is 2.73 bits per heavy atom. The molecule has 0 radical (unpaired) electrons. The predicted octanol–water partition coefficient (Wildman–Crippen LogP) is 1.96. The minimum atomic E-state index is -0.0617. The van der Waals surface area contributed by atoms with Crippen LogP contribution in [0.3, 0.4) is 0 Å². The monoisotopic (exact) mass is 156 g/mol. The number of ether oxygens (including phenoxy) is 2. The topological polar surface area (TPSA) is 18.5 Å². The van der Waals surface area contributed by atoms with Crippen LogP contribution in [0.4, 0.5) is 0 Å². The lowest BCUT2D eigenvalue weighted by Crippen LogP contribution is -2.14. The molecule has 0 heterocycles. The lowest BCUT2D eigenvalue weighted by atomic mass is 10.4. The molecular weight excluding hydrogens is 140 g/mol. The van der Waals surface area contributed by atoms with Crippen molar-refractivity contribution >= 4 is 0 Å². The highest BCUT2D eigenvalue weighted by Gasteiger charge is 2.27. The molecule has 0 aromatic heterocycles. The molecule has 0 bridgehead atoms. The van der Waals surface area contributed by atoms with Gasteiger partial charge in [-0.25, -0.2) is 0 Å². The summed E-state index contributed by atoms with van der Waals surface area (Å²) >= 11 is 0. The predicted molar refractivity (Wildman–Crippen MR) is 44.3 cm³/mol. The van der Waals surface area contributed by atoms with E-state index in [1.54, 1.807) is 0 Å². The van der Waals surface area contributed by atoms with Gasteiger partial charge < -0.3 is 9.47 Å². The lowest BCUT2D eigenvalue weighted by Gasteiger charge is -2.11. The highest BCUT2D eigenvalue weighted by molar-refractivity contribution is 5.18. The van der Waals surface area contributed by atoms with Gasteiger partial charge in [-0.05, 0) is 20.3 Å². The van der Waals surface area contributed by atoms with Crippen LogP contribution in [0.25, 0.3) is 0 Å². The second-order valence-corrected chi connectivity index (χ2v) is 2.92. The number of rotatable bonds is 5. The van der Waals surface area contributed by atoms with E-state index in [1.165, 1.54) is 5.57 Å². The zero-order chi connectivity index (χ0) is 8.27. The molecule has 0 amide bonds. The first-order chi connectivity index (χ1) is 5.24. The average molecular weight is 156 g/mol. The molecule has 0 aliphatic heterocycles. The van der Waals surface area contributed by atoms with Crippen LogP contribution in [-0.2, 0) is 9.47 Å². The summed E-state index contributed by atoms with van der Waals surface area (Å²) in [5.74, 6) is 0.609. The van der Waals surface area contributed by atoms with E-state index in [4.69, 9.17) is 9.47 Å². The van der Waals surface area contributed by atoms with Crippen molar-refractivity contribution in [1.82, 2.24) is 0 Å². The minimum Gasteiger partial charge on any atom is -0.353 e. The molecule has 11 heavy (non-hydrogen) atoms. The zero-order valence-corrected chi connectivity index (χ0v) is 7.30. The molecule has 0 saturated heterocycles. The molecule has 1 aliphatic rings. The smallest absolute Gasteiger partial charge is 0.154 e. The lowest BCUT2D eigenvalue weighted by molar-refractivity contribution is -0.129. The fourth-order valence-electron chi connectivity index (χ4n) is 0.969. The van der Waals surface area contributed by atoms with Crippen molar-refractivity contribution in [3.8, 4) is 0 Å². The molecule has 64 valence electrons. The third-order valence-electron chi connectivity index (χ3n) is 1.86. The van der Waals surface area contributed by atoms with Crippen molar-refractivity contribution in [2.24, 2.45) is 5.92 Å². The van der Waals surface area contributed by atoms with Gasteiger partial charge in [0.1, 0.15) is 0 Å². The van der Waals surface area contributed by atoms with Gasteiger partial charge in [0.05, 0.1) is 6.61 Å². The number of hydrogen-bond acceptors (Lipinski definition) is 2. The molecule has 1 rings (SSSR count). The van der Waals surface area contributed by atoms with E-state index in [2.05, 4.69) is 6.58 Å². The van der Waals surface area contributed by atoms with E-state index in [9.17, 15) is 0 Å². The largest absolute Gasteiger partial charge is 0.353 e. The first-order valence-electron chi connectivity index (χ1n) is 4.15. The third kappa shape index (κ3) is 3.04. The summed E-state index contributed by atoms with van der Waals surface area (Å²) < 4.78 is 10.6. The highest BCUT2D eigenvalue weighted by atomic mass is 16.7. The standard InChI is InChI=1S/C9H16O2/c1-4-10-8(3)11-6-9-5-7(9)2/h8-9H,2,4-6H2,1,3H3/t8-,9+/m1/s1. The Labute approximate surface area is 68.2 Å². The van der Waals surface area contributed by atoms with Crippen LogP contribution < -0.4 is 0 Å². The average Bonchev–Trinajstić information content (AvgIpc) is 2.63. The Bertz CT molecular complexity index is 142. The molecule has 0 aromatic rings. The minimum absolute atomic E-state index is 0.0617. The van der Waals surface area contributed by atoms with Crippen molar-refractivity contribution in [3.63, 3.8) is 0 Å². The maximum atomic E-state index is 5.39. The van der Waals surface area contributed by atoms with E-state index in [0.717, 1.165) is 13.0 Å². The Morgan fingerprint density at radius 2 is 2.27 bits per heavy atom. The molecule has 1 aliphatic carbocycles. The van der Waals surface area contributed by atoms with E-state index in [0.29, 0.717) is 12.5 Å². The Morgan fingerprint density at radius 1 is 1.64 bits per heavy atom. The summed E-state index contributed by atoms with van der Waals surface area (Å²) in [5, 5.41) is 0. The maximum Gasteiger partial charge on any atom is 0.154 e. The van der Waals surface area contributed by atoms with E-state index < -0.39 is 0 Å². The Kier molecular flexibility index (Phi) is 3.09. The van der Waals surface area contributed by atoms with Crippen LogP contribution in [0.5, 0.6) is 0 Å². The summed E-state index contributed by atoms with van der Waals surface area (Å²) in [6, 6.07) is 0. The van der Waals surface area contributed by atoms with Gasteiger partial charge >= 0.3 is 0 Å². The van der Waals surface area contributed by atoms with Gasteiger partial charge in [-0.3, -0.25) is 0 Å². The van der Waals surface area contributed by atoms with E-state index in [1.807, 2.05) is 13.8 Å². The van der Waals surface area contributed by atoms with Gasteiger partial charge in [-0.1, -0.05) is 12.2 Å². The zero-order valence-electron chi connectivity index (χ0n) is 7.30. The molecule has 0 spiro atoms. The summed E-state index contributed by atoms with van der Waals surface area (Å²) in [7, 11) is 0. The molecule has 2 atom stereocenters. The summed E-state index contributed by atoms with van der Waals surface area (Å²) in [6.07, 6.45) is 1.08. The van der Waals surface area contributed by atoms with Gasteiger partial charge in [0, 0.05) is 12.5 Å². The molecule has 0 unspecified atom stereocenters. The quantitative estimate of drug-likeness (QED) is 0.447. The van der Waals surface area contributed by atoms with Crippen molar-refractivity contribution in [3.05, 3.63) is 12.2 Å². The van der Waals surface area contributed by atoms with Gasteiger partial charge in [0.25, 0.3) is 0 Å². The third-order valence-corrected chi connectivity index (χ3v) is 1.86. The normalized spacial score (nSPS) is 25.3. The van der Waals surface area contributed by atoms with Gasteiger partial charge in [-0.15, -0.1) is 0 Å². The fourth-order valence-corrected chi connectivity index (χ4v) is 0.969. The Balaban J connectivity index is 1.98. The van der Waals surface area contributed by atoms with Crippen LogP contribution in [0.1, 0.15) is 20.3 Å².